The Kier molecular flexibility index (Phi) is 11.2. The molecule has 2 bridgehead atoms. The molecule has 10 nitrogen and oxygen atoms in total. The fourth-order valence-corrected chi connectivity index (χ4v) is 5.87. The molecule has 0 radical (unpaired) electrons. The van der Waals surface area contributed by atoms with Crippen LogP contribution in [0.2, 0.25) is 0 Å². The van der Waals surface area contributed by atoms with Crippen LogP contribution in [-0.2, 0) is 33.4 Å². The van der Waals surface area contributed by atoms with Crippen LogP contribution in [0.1, 0.15) is 59.8 Å². The molecule has 0 unspecified atom stereocenters. The van der Waals surface area contributed by atoms with Crippen LogP contribution in [0.15, 0.2) is 58.5 Å². The van der Waals surface area contributed by atoms with Crippen LogP contribution in [0, 0.1) is 17.8 Å². The number of aliphatic hydroxyl groups excluding tert-OH is 1. The number of carbonyl (C=O) groups is 4. The van der Waals surface area contributed by atoms with Crippen molar-refractivity contribution in [2.24, 2.45) is 17.8 Å². The molecule has 2 aliphatic heterocycles. The topological polar surface area (TPSA) is 131 Å². The number of fused-ring (bicyclic) bond motifs is 2. The van der Waals surface area contributed by atoms with Gasteiger partial charge in [0.2, 0.25) is 11.6 Å². The number of nitrogens with one attached hydrogen (secondary N) is 1. The standard InChI is InChI=1S/C34H46N2O8/c1-19-15-24-29(36-13-8-14-36)26(37)18-25(31(24)39)35-33(40)20(2)9-7-10-27(42-5)32(44-34(41)23-11-12-23)22(4)17-21(3)30(38)28(16-19)43-6/h7,9-10,17-19,21,23,27-28,30,32,38H,8,11-16H2,1-6H3,(H,35,40)/b10-7-,20-9+,22-17+/t19-,21+,27+,28+,30-,32+/m1/s1. The van der Waals surface area contributed by atoms with Gasteiger partial charge in [0.1, 0.15) is 6.10 Å². The second-order valence-electron chi connectivity index (χ2n) is 12.5. The highest BCUT2D eigenvalue weighted by Gasteiger charge is 2.37. The number of esters is 1. The lowest BCUT2D eigenvalue weighted by Gasteiger charge is -2.37. The number of methoxy groups -OCH3 is 2. The number of rotatable bonds is 5. The number of hydrogen-bond acceptors (Lipinski definition) is 9. The molecule has 10 heteroatoms. The van der Waals surface area contributed by atoms with E-state index in [2.05, 4.69) is 5.32 Å². The van der Waals surface area contributed by atoms with Gasteiger partial charge in [-0.15, -0.1) is 0 Å². The van der Waals surface area contributed by atoms with Gasteiger partial charge in [-0.25, -0.2) is 0 Å². The molecule has 1 saturated heterocycles. The van der Waals surface area contributed by atoms with Crippen LogP contribution in [-0.4, -0.2) is 85.2 Å². The van der Waals surface area contributed by atoms with Gasteiger partial charge in [0.25, 0.3) is 5.91 Å². The highest BCUT2D eigenvalue weighted by Crippen LogP contribution is 2.33. The van der Waals surface area contributed by atoms with Gasteiger partial charge in [0.15, 0.2) is 6.10 Å². The van der Waals surface area contributed by atoms with Crippen molar-refractivity contribution in [2.75, 3.05) is 27.3 Å². The van der Waals surface area contributed by atoms with Crippen molar-refractivity contribution < 1.29 is 38.5 Å². The van der Waals surface area contributed by atoms with E-state index >= 15 is 0 Å². The summed E-state index contributed by atoms with van der Waals surface area (Å²) in [7, 11) is 3.05. The smallest absolute Gasteiger partial charge is 0.309 e. The summed E-state index contributed by atoms with van der Waals surface area (Å²) in [5.41, 5.74) is 1.73. The molecule has 1 amide bonds. The molecule has 44 heavy (non-hydrogen) atoms. The molecule has 4 rings (SSSR count). The van der Waals surface area contributed by atoms with E-state index < -0.39 is 30.3 Å². The van der Waals surface area contributed by atoms with Gasteiger partial charge in [-0.1, -0.05) is 38.2 Å². The van der Waals surface area contributed by atoms with Crippen molar-refractivity contribution >= 4 is 23.4 Å². The average molecular weight is 611 g/mol. The predicted octanol–water partition coefficient (Wildman–Crippen LogP) is 3.33. The summed E-state index contributed by atoms with van der Waals surface area (Å²) in [5, 5.41) is 14.0. The molecule has 0 aromatic rings. The van der Waals surface area contributed by atoms with E-state index in [1.807, 2.05) is 31.7 Å². The Bertz CT molecular complexity index is 1300. The maximum absolute atomic E-state index is 13.7. The monoisotopic (exact) mass is 610 g/mol. The van der Waals surface area contributed by atoms with Crippen molar-refractivity contribution in [1.82, 2.24) is 10.2 Å². The first kappa shape index (κ1) is 33.6. The summed E-state index contributed by atoms with van der Waals surface area (Å²) in [6, 6.07) is 0. The Labute approximate surface area is 259 Å². The van der Waals surface area contributed by atoms with Gasteiger partial charge in [-0.05, 0) is 57.4 Å². The van der Waals surface area contributed by atoms with E-state index in [-0.39, 0.29) is 47.4 Å². The number of Topliss-reactive ketones (excluding diaryl/α,β-unsaturated/α-hetero) is 1. The maximum Gasteiger partial charge on any atom is 0.309 e. The Balaban J connectivity index is 1.72. The lowest BCUT2D eigenvalue weighted by molar-refractivity contribution is -0.153. The van der Waals surface area contributed by atoms with Crippen LogP contribution in [0.25, 0.3) is 0 Å². The lowest BCUT2D eigenvalue weighted by Crippen LogP contribution is -2.43. The van der Waals surface area contributed by atoms with Crippen LogP contribution < -0.4 is 5.32 Å². The molecule has 0 spiro atoms. The van der Waals surface area contributed by atoms with Crippen LogP contribution in [0.3, 0.4) is 0 Å². The molecular weight excluding hydrogens is 564 g/mol. The zero-order valence-corrected chi connectivity index (χ0v) is 26.6. The lowest BCUT2D eigenvalue weighted by atomic mass is 9.84. The number of likely N-dealkylation sites (tertiary alicyclic amines) is 1. The molecule has 2 aliphatic carbocycles. The highest BCUT2D eigenvalue weighted by atomic mass is 16.6. The minimum atomic E-state index is -0.899. The van der Waals surface area contributed by atoms with Crippen LogP contribution in [0.4, 0.5) is 0 Å². The van der Waals surface area contributed by atoms with E-state index in [1.54, 1.807) is 25.2 Å². The largest absolute Gasteiger partial charge is 0.454 e. The molecule has 0 aromatic heterocycles. The zero-order chi connectivity index (χ0) is 32.1. The van der Waals surface area contributed by atoms with E-state index in [9.17, 15) is 24.3 Å². The van der Waals surface area contributed by atoms with Crippen molar-refractivity contribution in [3.8, 4) is 0 Å². The molecule has 6 atom stereocenters. The molecule has 0 aromatic carbocycles. The van der Waals surface area contributed by atoms with E-state index in [4.69, 9.17) is 14.2 Å². The van der Waals surface area contributed by atoms with Crippen LogP contribution >= 0.6 is 0 Å². The number of ketones is 2. The first-order chi connectivity index (χ1) is 20.9. The third kappa shape index (κ3) is 7.83. The van der Waals surface area contributed by atoms with Crippen molar-refractivity contribution in [3.05, 3.63) is 58.5 Å². The number of amides is 1. The minimum Gasteiger partial charge on any atom is -0.454 e. The quantitative estimate of drug-likeness (QED) is 0.273. The summed E-state index contributed by atoms with van der Waals surface area (Å²) in [4.78, 5) is 54.8. The maximum atomic E-state index is 13.7. The Morgan fingerprint density at radius 3 is 2.36 bits per heavy atom. The van der Waals surface area contributed by atoms with Gasteiger partial charge in [0, 0.05) is 50.4 Å². The van der Waals surface area contributed by atoms with E-state index in [0.29, 0.717) is 36.4 Å². The van der Waals surface area contributed by atoms with Gasteiger partial charge in [-0.3, -0.25) is 19.2 Å². The number of ether oxygens (including phenoxy) is 3. The predicted molar refractivity (Wildman–Crippen MR) is 164 cm³/mol. The number of hydrogen-bond donors (Lipinski definition) is 2. The van der Waals surface area contributed by atoms with Crippen LogP contribution in [0.5, 0.6) is 0 Å². The summed E-state index contributed by atoms with van der Waals surface area (Å²) in [5.74, 6) is -2.11. The van der Waals surface area contributed by atoms with Crippen molar-refractivity contribution in [3.63, 3.8) is 0 Å². The third-order valence-corrected chi connectivity index (χ3v) is 8.85. The minimum absolute atomic E-state index is 0.0558. The summed E-state index contributed by atoms with van der Waals surface area (Å²) < 4.78 is 17.4. The fraction of sp³-hybridized carbons (Fsp3) is 0.588. The van der Waals surface area contributed by atoms with Crippen molar-refractivity contribution in [1.29, 1.82) is 0 Å². The van der Waals surface area contributed by atoms with Crippen molar-refractivity contribution in [2.45, 2.75) is 84.2 Å². The molecule has 1 saturated carbocycles. The Morgan fingerprint density at radius 1 is 1.07 bits per heavy atom. The first-order valence-corrected chi connectivity index (χ1v) is 15.5. The Hall–Kier alpha value is -3.34. The fourth-order valence-electron chi connectivity index (χ4n) is 5.87. The molecular formula is C34H46N2O8. The second kappa shape index (κ2) is 14.6. The number of carbonyl (C=O) groups excluding carboxylic acids is 4. The summed E-state index contributed by atoms with van der Waals surface area (Å²) in [6.07, 6.45) is 8.34. The first-order valence-electron chi connectivity index (χ1n) is 15.5. The molecule has 4 aliphatic rings. The highest BCUT2D eigenvalue weighted by molar-refractivity contribution is 6.23. The third-order valence-electron chi connectivity index (χ3n) is 8.85. The SMILES string of the molecule is CO[C@H]1/C=C\C=C(/C)C(=O)NC2=CC(=O)C(N3CCC3)=C(C[C@@H](C)C[C@H](OC)[C@H](O)[C@@H](C)/C=C(\C)[C@@H]1OC(=O)C1CC1)C2=O. The van der Waals surface area contributed by atoms with Gasteiger partial charge < -0.3 is 29.5 Å². The van der Waals surface area contributed by atoms with E-state index in [1.165, 1.54) is 20.3 Å². The van der Waals surface area contributed by atoms with Gasteiger partial charge >= 0.3 is 5.97 Å². The molecule has 240 valence electrons. The number of aliphatic hydroxyl groups is 1. The zero-order valence-electron chi connectivity index (χ0n) is 26.6. The Morgan fingerprint density at radius 2 is 1.77 bits per heavy atom. The second-order valence-corrected chi connectivity index (χ2v) is 12.5. The molecule has 2 heterocycles. The average Bonchev–Trinajstić information content (AvgIpc) is 3.81. The number of allylic oxidation sites excluding steroid dienone is 4. The summed E-state index contributed by atoms with van der Waals surface area (Å²) >= 11 is 0. The van der Waals surface area contributed by atoms with Gasteiger partial charge in [-0.2, -0.15) is 0 Å². The van der Waals surface area contributed by atoms with Gasteiger partial charge in [0.05, 0.1) is 29.5 Å². The summed E-state index contributed by atoms with van der Waals surface area (Å²) in [6.45, 7) is 8.66. The molecule has 2 N–H and O–H groups in total. The normalized spacial score (nSPS) is 34.2. The van der Waals surface area contributed by atoms with E-state index in [0.717, 1.165) is 24.8 Å². The number of nitrogens with zero attached hydrogens (tertiary/aromatic N) is 1. The molecule has 2 fully saturated rings.